The fourth-order valence-electron chi connectivity index (χ4n) is 2.22. The van der Waals surface area contributed by atoms with Crippen LogP contribution in [0.1, 0.15) is 22.4 Å². The minimum atomic E-state index is -0.410. The van der Waals surface area contributed by atoms with Crippen LogP contribution in [0.4, 0.5) is 0 Å². The second-order valence-electron chi connectivity index (χ2n) is 4.94. The molecule has 116 valence electrons. The Balaban J connectivity index is 2.30. The minimum Gasteiger partial charge on any atom is -0.496 e. The number of allylic oxidation sites excluding steroid dienone is 1. The van der Waals surface area contributed by atoms with E-state index >= 15 is 0 Å². The monoisotopic (exact) mass is 307 g/mol. The zero-order chi connectivity index (χ0) is 16.8. The highest BCUT2D eigenvalue weighted by atomic mass is 16.5. The Labute approximate surface area is 134 Å². The van der Waals surface area contributed by atoms with Crippen LogP contribution in [-0.4, -0.2) is 18.0 Å². The minimum absolute atomic E-state index is 0.112. The van der Waals surface area contributed by atoms with Crippen molar-refractivity contribution in [1.82, 2.24) is 4.68 Å². The molecule has 5 nitrogen and oxygen atoms in total. The molecule has 2 aromatic rings. The van der Waals surface area contributed by atoms with Gasteiger partial charge in [0.1, 0.15) is 17.4 Å². The van der Waals surface area contributed by atoms with Gasteiger partial charge < -0.3 is 4.74 Å². The average Bonchev–Trinajstić information content (AvgIpc) is 2.54. The fraction of sp³-hybridized carbons (Fsp3) is 0.167. The maximum absolute atomic E-state index is 12.2. The van der Waals surface area contributed by atoms with E-state index in [4.69, 9.17) is 10.00 Å². The first-order valence-corrected chi connectivity index (χ1v) is 7.06. The third kappa shape index (κ3) is 3.55. The number of rotatable bonds is 4. The molecule has 0 spiro atoms. The second-order valence-corrected chi connectivity index (χ2v) is 4.94. The predicted octanol–water partition coefficient (Wildman–Crippen LogP) is 2.89. The highest BCUT2D eigenvalue weighted by Gasteiger charge is 2.08. The van der Waals surface area contributed by atoms with Crippen LogP contribution in [0.15, 0.2) is 46.3 Å². The molecule has 0 unspecified atom stereocenters. The van der Waals surface area contributed by atoms with Gasteiger partial charge >= 0.3 is 0 Å². The summed E-state index contributed by atoms with van der Waals surface area (Å²) >= 11 is 0. The first kappa shape index (κ1) is 16.2. The van der Waals surface area contributed by atoms with Gasteiger partial charge in [-0.3, -0.25) is 4.79 Å². The van der Waals surface area contributed by atoms with Crippen molar-refractivity contribution in [3.8, 4) is 11.8 Å². The second kappa shape index (κ2) is 7.23. The lowest BCUT2D eigenvalue weighted by Crippen LogP contribution is -2.22. The van der Waals surface area contributed by atoms with E-state index < -0.39 is 5.56 Å². The van der Waals surface area contributed by atoms with E-state index in [-0.39, 0.29) is 5.56 Å². The smallest absolute Gasteiger partial charge is 0.289 e. The lowest BCUT2D eigenvalue weighted by Gasteiger charge is -2.05. The molecule has 0 amide bonds. The van der Waals surface area contributed by atoms with Gasteiger partial charge in [-0.1, -0.05) is 18.2 Å². The standard InChI is InChI=1S/C18H17N3O2/c1-13-11-14(2)21(18(22)16(13)12-19)20-10-6-8-15-7-4-5-9-17(15)23-3/h4-11H,1-3H3. The van der Waals surface area contributed by atoms with Gasteiger partial charge in [-0.25, -0.2) is 4.68 Å². The summed E-state index contributed by atoms with van der Waals surface area (Å²) in [4.78, 5) is 12.2. The third-order valence-corrected chi connectivity index (χ3v) is 3.35. The number of pyridine rings is 1. The van der Waals surface area contributed by atoms with Gasteiger partial charge in [-0.2, -0.15) is 10.4 Å². The molecule has 2 rings (SSSR count). The van der Waals surface area contributed by atoms with Gasteiger partial charge in [0, 0.05) is 17.5 Å². The number of aryl methyl sites for hydroxylation is 2. The van der Waals surface area contributed by atoms with Crippen LogP contribution < -0.4 is 10.3 Å². The maximum atomic E-state index is 12.2. The van der Waals surface area contributed by atoms with Crippen molar-refractivity contribution < 1.29 is 4.74 Å². The summed E-state index contributed by atoms with van der Waals surface area (Å²) in [6, 6.07) is 11.3. The Kier molecular flexibility index (Phi) is 5.11. The van der Waals surface area contributed by atoms with E-state index in [1.54, 1.807) is 33.1 Å². The molecule has 0 aliphatic carbocycles. The van der Waals surface area contributed by atoms with E-state index in [9.17, 15) is 4.79 Å². The maximum Gasteiger partial charge on any atom is 0.289 e. The van der Waals surface area contributed by atoms with E-state index in [2.05, 4.69) is 5.10 Å². The lowest BCUT2D eigenvalue weighted by molar-refractivity contribution is 0.414. The van der Waals surface area contributed by atoms with E-state index in [1.807, 2.05) is 36.4 Å². The average molecular weight is 307 g/mol. The fourth-order valence-corrected chi connectivity index (χ4v) is 2.22. The first-order valence-electron chi connectivity index (χ1n) is 7.06. The molecule has 1 aromatic carbocycles. The Morgan fingerprint density at radius 1 is 1.30 bits per heavy atom. The van der Waals surface area contributed by atoms with Crippen molar-refractivity contribution in [3.63, 3.8) is 0 Å². The summed E-state index contributed by atoms with van der Waals surface area (Å²) in [5, 5.41) is 13.2. The summed E-state index contributed by atoms with van der Waals surface area (Å²) < 4.78 is 6.48. The van der Waals surface area contributed by atoms with Gasteiger partial charge in [0.25, 0.3) is 5.56 Å². The normalized spacial score (nSPS) is 11.0. The number of aromatic nitrogens is 1. The molecule has 0 fully saturated rings. The van der Waals surface area contributed by atoms with Crippen LogP contribution in [0.3, 0.4) is 0 Å². The number of hydrogen-bond donors (Lipinski definition) is 0. The number of nitriles is 1. The van der Waals surface area contributed by atoms with Crippen LogP contribution >= 0.6 is 0 Å². The van der Waals surface area contributed by atoms with Crippen molar-refractivity contribution >= 4 is 12.3 Å². The van der Waals surface area contributed by atoms with Crippen LogP contribution in [0.2, 0.25) is 0 Å². The van der Waals surface area contributed by atoms with Crippen molar-refractivity contribution in [2.24, 2.45) is 5.10 Å². The summed E-state index contributed by atoms with van der Waals surface area (Å²) in [5.41, 5.74) is 1.94. The molecule has 23 heavy (non-hydrogen) atoms. The first-order chi connectivity index (χ1) is 11.1. The summed E-state index contributed by atoms with van der Waals surface area (Å²) in [5.74, 6) is 0.757. The van der Waals surface area contributed by atoms with Gasteiger partial charge in [-0.05, 0) is 43.7 Å². The van der Waals surface area contributed by atoms with E-state index in [0.29, 0.717) is 11.3 Å². The molecule has 0 N–H and O–H groups in total. The highest BCUT2D eigenvalue weighted by molar-refractivity contribution is 5.79. The molecule has 0 bridgehead atoms. The SMILES string of the molecule is COc1ccccc1C=CC=Nn1c(C)cc(C)c(C#N)c1=O. The molecule has 0 atom stereocenters. The summed E-state index contributed by atoms with van der Waals surface area (Å²) in [6.45, 7) is 3.51. The number of para-hydroxylation sites is 1. The number of hydrogen-bond acceptors (Lipinski definition) is 4. The van der Waals surface area contributed by atoms with E-state index in [1.165, 1.54) is 10.9 Å². The van der Waals surface area contributed by atoms with Crippen LogP contribution in [0.5, 0.6) is 5.75 Å². The van der Waals surface area contributed by atoms with Crippen molar-refractivity contribution in [1.29, 1.82) is 5.26 Å². The summed E-state index contributed by atoms with van der Waals surface area (Å²) in [6.07, 6.45) is 5.06. The molecule has 1 heterocycles. The number of methoxy groups -OCH3 is 1. The van der Waals surface area contributed by atoms with Crippen LogP contribution in [-0.2, 0) is 0 Å². The van der Waals surface area contributed by atoms with Crippen LogP contribution in [0.25, 0.3) is 6.08 Å². The molecule has 0 saturated heterocycles. The molecule has 1 aromatic heterocycles. The number of nitrogens with zero attached hydrogens (tertiary/aromatic N) is 3. The van der Waals surface area contributed by atoms with Gasteiger partial charge in [-0.15, -0.1) is 0 Å². The lowest BCUT2D eigenvalue weighted by atomic mass is 10.1. The van der Waals surface area contributed by atoms with Crippen molar-refractivity contribution in [3.05, 3.63) is 69.1 Å². The number of benzene rings is 1. The Morgan fingerprint density at radius 3 is 2.74 bits per heavy atom. The van der Waals surface area contributed by atoms with E-state index in [0.717, 1.165) is 11.3 Å². The van der Waals surface area contributed by atoms with Gasteiger partial charge in [0.05, 0.1) is 7.11 Å². The van der Waals surface area contributed by atoms with Gasteiger partial charge in [0.2, 0.25) is 0 Å². The molecule has 0 aliphatic heterocycles. The van der Waals surface area contributed by atoms with Crippen molar-refractivity contribution in [2.75, 3.05) is 7.11 Å². The Morgan fingerprint density at radius 2 is 2.04 bits per heavy atom. The topological polar surface area (TPSA) is 67.4 Å². The molecule has 0 radical (unpaired) electrons. The molecule has 0 saturated carbocycles. The van der Waals surface area contributed by atoms with Gasteiger partial charge in [0.15, 0.2) is 0 Å². The molecular formula is C18H17N3O2. The summed E-state index contributed by atoms with van der Waals surface area (Å²) in [7, 11) is 1.61. The molecule has 0 aliphatic rings. The number of ether oxygens (including phenoxy) is 1. The molecule has 5 heteroatoms. The van der Waals surface area contributed by atoms with Crippen molar-refractivity contribution in [2.45, 2.75) is 13.8 Å². The van der Waals surface area contributed by atoms with Crippen LogP contribution in [0, 0.1) is 25.2 Å². The predicted molar refractivity (Wildman–Crippen MR) is 90.8 cm³/mol. The largest absolute Gasteiger partial charge is 0.496 e. The Hall–Kier alpha value is -3.13. The molecular weight excluding hydrogens is 290 g/mol. The Bertz CT molecular complexity index is 871. The zero-order valence-electron chi connectivity index (χ0n) is 13.3. The zero-order valence-corrected chi connectivity index (χ0v) is 13.3. The third-order valence-electron chi connectivity index (χ3n) is 3.35. The quantitative estimate of drug-likeness (QED) is 0.816. The highest BCUT2D eigenvalue weighted by Crippen LogP contribution is 2.18.